The van der Waals surface area contributed by atoms with E-state index in [4.69, 9.17) is 11.0 Å². The molecule has 1 aliphatic rings. The molecule has 9 nitrogen and oxygen atoms in total. The van der Waals surface area contributed by atoms with Crippen LogP contribution in [0.1, 0.15) is 66.1 Å². The largest absolute Gasteiger partial charge is 0.366 e. The van der Waals surface area contributed by atoms with E-state index < -0.39 is 5.91 Å². The number of carbonyl (C=O) groups is 2. The third-order valence-corrected chi connectivity index (χ3v) is 6.69. The second-order valence-corrected chi connectivity index (χ2v) is 9.06. The Morgan fingerprint density at radius 1 is 1.31 bits per heavy atom. The number of nitrogens with one attached hydrogen (secondary N) is 1. The molecule has 0 aliphatic carbocycles. The second kappa shape index (κ2) is 12.3. The van der Waals surface area contributed by atoms with Gasteiger partial charge in [0.15, 0.2) is 0 Å². The zero-order chi connectivity index (χ0) is 25.4. The van der Waals surface area contributed by atoms with Gasteiger partial charge in [-0.2, -0.15) is 5.26 Å². The van der Waals surface area contributed by atoms with Gasteiger partial charge in [-0.3, -0.25) is 9.78 Å². The number of rotatable bonds is 9. The molecule has 35 heavy (non-hydrogen) atoms. The molecule has 1 saturated heterocycles. The second-order valence-electron chi connectivity index (χ2n) is 9.06. The molecule has 0 spiro atoms. The van der Waals surface area contributed by atoms with E-state index in [1.165, 1.54) is 0 Å². The fourth-order valence-electron chi connectivity index (χ4n) is 4.73. The first-order chi connectivity index (χ1) is 16.8. The average molecular weight is 478 g/mol. The minimum absolute atomic E-state index is 0.0949. The lowest BCUT2D eigenvalue weighted by Gasteiger charge is -2.40. The van der Waals surface area contributed by atoms with E-state index in [1.54, 1.807) is 18.3 Å². The summed E-state index contributed by atoms with van der Waals surface area (Å²) in [5.74, 6) is -0.431. The number of piperidine rings is 1. The summed E-state index contributed by atoms with van der Waals surface area (Å²) in [4.78, 5) is 37.8. The number of likely N-dealkylation sites (tertiary alicyclic amines) is 1. The molecule has 1 aliphatic heterocycles. The normalized spacial score (nSPS) is 15.3. The van der Waals surface area contributed by atoms with Crippen LogP contribution in [0.4, 0.5) is 4.79 Å². The number of nitriles is 1. The number of aromatic nitrogens is 2. The maximum Gasteiger partial charge on any atom is 0.317 e. The number of hydrogen-bond acceptors (Lipinski definition) is 6. The number of aryl methyl sites for hydroxylation is 2. The van der Waals surface area contributed by atoms with Crippen LogP contribution in [0, 0.1) is 18.3 Å². The van der Waals surface area contributed by atoms with Gasteiger partial charge in [-0.05, 0) is 70.2 Å². The summed E-state index contributed by atoms with van der Waals surface area (Å²) in [5, 5.41) is 12.1. The Morgan fingerprint density at radius 2 is 2.06 bits per heavy atom. The number of hydrogen-bond donors (Lipinski definition) is 2. The van der Waals surface area contributed by atoms with Crippen LogP contribution in [0.15, 0.2) is 30.5 Å². The number of urea groups is 1. The van der Waals surface area contributed by atoms with Crippen molar-refractivity contribution in [2.75, 3.05) is 19.6 Å². The summed E-state index contributed by atoms with van der Waals surface area (Å²) in [6, 6.07) is 9.49. The smallest absolute Gasteiger partial charge is 0.317 e. The molecule has 1 atom stereocenters. The third kappa shape index (κ3) is 6.76. The Balaban J connectivity index is 1.61. The lowest BCUT2D eigenvalue weighted by Crippen LogP contribution is -2.51. The highest BCUT2D eigenvalue weighted by Gasteiger charge is 2.30. The zero-order valence-corrected chi connectivity index (χ0v) is 20.8. The Kier molecular flexibility index (Phi) is 9.15. The molecule has 2 aromatic rings. The highest BCUT2D eigenvalue weighted by molar-refractivity contribution is 5.95. The van der Waals surface area contributed by atoms with Crippen molar-refractivity contribution in [1.29, 1.82) is 5.26 Å². The van der Waals surface area contributed by atoms with Crippen LogP contribution in [-0.2, 0) is 13.0 Å². The molecule has 0 bridgehead atoms. The molecule has 9 heteroatoms. The van der Waals surface area contributed by atoms with Crippen LogP contribution in [0.5, 0.6) is 0 Å². The SMILES string of the molecule is CCNC(=O)N(Cc1cccc(C#N)n1)C1CCN([C@H](C)CCc2nccc(C)c2C(N)=O)CC1. The maximum absolute atomic E-state index is 12.9. The van der Waals surface area contributed by atoms with Crippen LogP contribution in [-0.4, -0.2) is 63.4 Å². The van der Waals surface area contributed by atoms with Crippen LogP contribution in [0.25, 0.3) is 0 Å². The van der Waals surface area contributed by atoms with Gasteiger partial charge in [0.25, 0.3) is 5.91 Å². The Hall–Kier alpha value is -3.51. The van der Waals surface area contributed by atoms with E-state index in [0.29, 0.717) is 42.5 Å². The minimum Gasteiger partial charge on any atom is -0.366 e. The van der Waals surface area contributed by atoms with Crippen LogP contribution < -0.4 is 11.1 Å². The van der Waals surface area contributed by atoms with Crippen molar-refractivity contribution in [1.82, 2.24) is 25.1 Å². The van der Waals surface area contributed by atoms with Crippen molar-refractivity contribution in [3.63, 3.8) is 0 Å². The van der Waals surface area contributed by atoms with Crippen molar-refractivity contribution in [2.45, 2.75) is 65.1 Å². The van der Waals surface area contributed by atoms with Gasteiger partial charge < -0.3 is 20.9 Å². The minimum atomic E-state index is -0.431. The van der Waals surface area contributed by atoms with Crippen molar-refractivity contribution in [3.8, 4) is 6.07 Å². The zero-order valence-electron chi connectivity index (χ0n) is 20.8. The number of nitrogens with two attached hydrogens (primary N) is 1. The van der Waals surface area contributed by atoms with Gasteiger partial charge in [-0.25, -0.2) is 9.78 Å². The van der Waals surface area contributed by atoms with Gasteiger partial charge in [0, 0.05) is 37.9 Å². The van der Waals surface area contributed by atoms with Crippen molar-refractivity contribution in [2.24, 2.45) is 5.73 Å². The van der Waals surface area contributed by atoms with Crippen LogP contribution >= 0.6 is 0 Å². The quantitative estimate of drug-likeness (QED) is 0.571. The summed E-state index contributed by atoms with van der Waals surface area (Å²) in [7, 11) is 0. The number of carbonyl (C=O) groups excluding carboxylic acids is 2. The molecule has 0 radical (unpaired) electrons. The summed E-state index contributed by atoms with van der Waals surface area (Å²) in [6.07, 6.45) is 4.99. The van der Waals surface area contributed by atoms with E-state index >= 15 is 0 Å². The number of amides is 3. The highest BCUT2D eigenvalue weighted by Crippen LogP contribution is 2.22. The molecular formula is C26H35N7O2. The van der Waals surface area contributed by atoms with Gasteiger partial charge >= 0.3 is 6.03 Å². The van der Waals surface area contributed by atoms with Crippen molar-refractivity contribution < 1.29 is 9.59 Å². The number of nitrogens with zero attached hydrogens (tertiary/aromatic N) is 5. The average Bonchev–Trinajstić information content (AvgIpc) is 2.86. The Labute approximate surface area is 207 Å². The first kappa shape index (κ1) is 26.1. The third-order valence-electron chi connectivity index (χ3n) is 6.69. The van der Waals surface area contributed by atoms with Gasteiger partial charge in [0.05, 0.1) is 23.5 Å². The number of primary amides is 1. The van der Waals surface area contributed by atoms with Crippen LogP contribution in [0.3, 0.4) is 0 Å². The predicted molar refractivity (Wildman–Crippen MR) is 133 cm³/mol. The fraction of sp³-hybridized carbons (Fsp3) is 0.500. The van der Waals surface area contributed by atoms with Gasteiger partial charge in [-0.15, -0.1) is 0 Å². The Bertz CT molecular complexity index is 1070. The van der Waals surface area contributed by atoms with Gasteiger partial charge in [0.1, 0.15) is 11.8 Å². The first-order valence-electron chi connectivity index (χ1n) is 12.2. The first-order valence-corrected chi connectivity index (χ1v) is 12.2. The van der Waals surface area contributed by atoms with E-state index in [2.05, 4.69) is 33.2 Å². The molecule has 3 amide bonds. The monoisotopic (exact) mass is 477 g/mol. The molecule has 3 N–H and O–H groups in total. The van der Waals surface area contributed by atoms with E-state index in [1.807, 2.05) is 30.9 Å². The predicted octanol–water partition coefficient (Wildman–Crippen LogP) is 2.77. The molecule has 0 aromatic carbocycles. The summed E-state index contributed by atoms with van der Waals surface area (Å²) < 4.78 is 0. The van der Waals surface area contributed by atoms with Crippen LogP contribution in [0.2, 0.25) is 0 Å². The van der Waals surface area contributed by atoms with Gasteiger partial charge in [-0.1, -0.05) is 6.07 Å². The number of pyridine rings is 2. The molecule has 0 saturated carbocycles. The summed E-state index contributed by atoms with van der Waals surface area (Å²) in [5.41, 5.74) is 8.79. The van der Waals surface area contributed by atoms with E-state index in [9.17, 15) is 9.59 Å². The van der Waals surface area contributed by atoms with Crippen molar-refractivity contribution >= 4 is 11.9 Å². The lowest BCUT2D eigenvalue weighted by molar-refractivity contribution is 0.0939. The molecule has 3 rings (SSSR count). The summed E-state index contributed by atoms with van der Waals surface area (Å²) >= 11 is 0. The molecule has 3 heterocycles. The molecular weight excluding hydrogens is 442 g/mol. The maximum atomic E-state index is 12.9. The Morgan fingerprint density at radius 3 is 2.71 bits per heavy atom. The van der Waals surface area contributed by atoms with E-state index in [-0.39, 0.29) is 12.1 Å². The fourth-order valence-corrected chi connectivity index (χ4v) is 4.73. The van der Waals surface area contributed by atoms with E-state index in [0.717, 1.165) is 43.6 Å². The topological polar surface area (TPSA) is 128 Å². The molecule has 0 unspecified atom stereocenters. The highest BCUT2D eigenvalue weighted by atomic mass is 16.2. The van der Waals surface area contributed by atoms with Gasteiger partial charge in [0.2, 0.25) is 0 Å². The molecule has 186 valence electrons. The standard InChI is InChI=1S/C26H35N7O2/c1-4-29-26(35)33(17-21-7-5-6-20(16-27)31-21)22-11-14-32(15-12-22)19(3)8-9-23-24(25(28)34)18(2)10-13-30-23/h5-7,10,13,19,22H,4,8-9,11-12,14-15,17H2,1-3H3,(H2,28,34)(H,29,35)/t19-/m1/s1. The van der Waals surface area contributed by atoms with Crippen molar-refractivity contribution in [3.05, 3.63) is 58.7 Å². The molecule has 2 aromatic heterocycles. The molecule has 1 fully saturated rings. The summed E-state index contributed by atoms with van der Waals surface area (Å²) in [6.45, 7) is 8.65. The lowest BCUT2D eigenvalue weighted by atomic mass is 9.98.